The predicted molar refractivity (Wildman–Crippen MR) is 103 cm³/mol. The molecule has 0 saturated carbocycles. The highest BCUT2D eigenvalue weighted by atomic mass is 16.5. The number of ether oxygens (including phenoxy) is 2. The third-order valence-electron chi connectivity index (χ3n) is 4.06. The summed E-state index contributed by atoms with van der Waals surface area (Å²) in [5.74, 6) is 1.22. The summed E-state index contributed by atoms with van der Waals surface area (Å²) in [6, 6.07) is 9.58. The molecule has 4 N–H and O–H groups in total. The summed E-state index contributed by atoms with van der Waals surface area (Å²) in [5.41, 5.74) is 7.89. The van der Waals surface area contributed by atoms with Gasteiger partial charge in [-0.3, -0.25) is 5.10 Å². The van der Waals surface area contributed by atoms with Crippen molar-refractivity contribution in [3.05, 3.63) is 36.5 Å². The van der Waals surface area contributed by atoms with E-state index in [0.29, 0.717) is 17.2 Å². The largest absolute Gasteiger partial charge is 0.419 e. The third kappa shape index (κ3) is 4.12. The second-order valence-corrected chi connectivity index (χ2v) is 5.99. The van der Waals surface area contributed by atoms with Gasteiger partial charge < -0.3 is 25.4 Å². The summed E-state index contributed by atoms with van der Waals surface area (Å²) in [6.45, 7) is 3.30. The topological polar surface area (TPSA) is 114 Å². The molecule has 0 spiro atoms. The second-order valence-electron chi connectivity index (χ2n) is 5.99. The van der Waals surface area contributed by atoms with Crippen molar-refractivity contribution in [1.82, 2.24) is 20.2 Å². The molecule has 2 aromatic heterocycles. The third-order valence-corrected chi connectivity index (χ3v) is 4.06. The Labute approximate surface area is 157 Å². The number of aromatic amines is 1. The van der Waals surface area contributed by atoms with E-state index in [-0.39, 0.29) is 11.8 Å². The molecule has 0 amide bonds. The summed E-state index contributed by atoms with van der Waals surface area (Å²) >= 11 is 0. The van der Waals surface area contributed by atoms with Crippen molar-refractivity contribution in [2.75, 3.05) is 42.3 Å². The first-order chi connectivity index (χ1) is 13.2. The number of benzene rings is 1. The number of anilines is 4. The normalized spacial score (nSPS) is 14.1. The molecule has 27 heavy (non-hydrogen) atoms. The first-order valence-corrected chi connectivity index (χ1v) is 8.48. The first-order valence-electron chi connectivity index (χ1n) is 8.48. The zero-order chi connectivity index (χ0) is 18.6. The van der Waals surface area contributed by atoms with Gasteiger partial charge in [-0.1, -0.05) is 0 Å². The van der Waals surface area contributed by atoms with Gasteiger partial charge in [0.1, 0.15) is 13.7 Å². The highest BCUT2D eigenvalue weighted by Crippen LogP contribution is 2.22. The SMILES string of the molecule is [B]c1cnc(Nc2ccc(N3CCOCC3)cc2)nc1Oc1cc(N)[nH]n1. The van der Waals surface area contributed by atoms with Crippen LogP contribution in [-0.4, -0.2) is 54.3 Å². The molecule has 1 fully saturated rings. The Balaban J connectivity index is 1.46. The van der Waals surface area contributed by atoms with E-state index < -0.39 is 0 Å². The van der Waals surface area contributed by atoms with Crippen molar-refractivity contribution in [3.63, 3.8) is 0 Å². The van der Waals surface area contributed by atoms with Crippen molar-refractivity contribution in [3.8, 4) is 11.8 Å². The first kappa shape index (κ1) is 17.2. The van der Waals surface area contributed by atoms with Gasteiger partial charge in [-0.05, 0) is 29.7 Å². The molecular weight excluding hydrogens is 345 g/mol. The molecule has 4 rings (SSSR count). The Bertz CT molecular complexity index is 910. The molecule has 1 aromatic carbocycles. The molecule has 0 atom stereocenters. The number of hydrogen-bond acceptors (Lipinski definition) is 8. The van der Waals surface area contributed by atoms with Crippen LogP contribution in [0, 0.1) is 0 Å². The van der Waals surface area contributed by atoms with Gasteiger partial charge in [-0.15, -0.1) is 5.10 Å². The van der Waals surface area contributed by atoms with Crippen molar-refractivity contribution < 1.29 is 9.47 Å². The second kappa shape index (κ2) is 7.54. The van der Waals surface area contributed by atoms with Gasteiger partial charge in [0, 0.05) is 36.7 Å². The van der Waals surface area contributed by atoms with E-state index in [1.165, 1.54) is 6.20 Å². The van der Waals surface area contributed by atoms with Gasteiger partial charge in [0.15, 0.2) is 0 Å². The Morgan fingerprint density at radius 2 is 2.00 bits per heavy atom. The standard InChI is InChI=1S/C17H18BN7O2/c18-13-10-20-17(22-16(13)27-15-9-14(19)23-24-15)21-11-1-3-12(4-2-11)25-5-7-26-8-6-25/h1-4,9-10H,5-8H2,(H3,19,23,24)(H,20,21,22). The van der Waals surface area contributed by atoms with Crippen molar-refractivity contribution in [2.45, 2.75) is 0 Å². The monoisotopic (exact) mass is 363 g/mol. The minimum absolute atomic E-state index is 0.198. The van der Waals surface area contributed by atoms with Crippen LogP contribution in [0.4, 0.5) is 23.1 Å². The van der Waals surface area contributed by atoms with Gasteiger partial charge in [0.05, 0.1) is 13.2 Å². The minimum atomic E-state index is 0.198. The van der Waals surface area contributed by atoms with E-state index in [1.807, 2.05) is 12.1 Å². The predicted octanol–water partition coefficient (Wildman–Crippen LogP) is 0.948. The Morgan fingerprint density at radius 1 is 1.22 bits per heavy atom. The van der Waals surface area contributed by atoms with Crippen LogP contribution >= 0.6 is 0 Å². The van der Waals surface area contributed by atoms with Crippen LogP contribution in [0.2, 0.25) is 0 Å². The van der Waals surface area contributed by atoms with Gasteiger partial charge in [-0.25, -0.2) is 4.98 Å². The van der Waals surface area contributed by atoms with Crippen LogP contribution in [-0.2, 0) is 4.74 Å². The number of nitrogen functional groups attached to an aromatic ring is 1. The lowest BCUT2D eigenvalue weighted by Gasteiger charge is -2.28. The van der Waals surface area contributed by atoms with Crippen molar-refractivity contribution >= 4 is 36.5 Å². The van der Waals surface area contributed by atoms with Gasteiger partial charge >= 0.3 is 0 Å². The van der Waals surface area contributed by atoms with E-state index in [0.717, 1.165) is 37.7 Å². The molecule has 3 aromatic rings. The summed E-state index contributed by atoms with van der Waals surface area (Å²) in [7, 11) is 5.88. The van der Waals surface area contributed by atoms with Gasteiger partial charge in [-0.2, -0.15) is 4.98 Å². The quantitative estimate of drug-likeness (QED) is 0.574. The average molecular weight is 363 g/mol. The number of hydrogen-bond donors (Lipinski definition) is 3. The lowest BCUT2D eigenvalue weighted by molar-refractivity contribution is 0.122. The average Bonchev–Trinajstić information content (AvgIpc) is 3.10. The number of nitrogens with zero attached hydrogens (tertiary/aromatic N) is 4. The van der Waals surface area contributed by atoms with Gasteiger partial charge in [0.25, 0.3) is 0 Å². The molecule has 9 nitrogen and oxygen atoms in total. The molecule has 1 saturated heterocycles. The van der Waals surface area contributed by atoms with Crippen molar-refractivity contribution in [2.24, 2.45) is 0 Å². The highest BCUT2D eigenvalue weighted by Gasteiger charge is 2.12. The molecule has 0 unspecified atom stereocenters. The smallest absolute Gasteiger partial charge is 0.242 e. The lowest BCUT2D eigenvalue weighted by Crippen LogP contribution is -2.36. The maximum Gasteiger partial charge on any atom is 0.242 e. The molecule has 2 radical (unpaired) electrons. The highest BCUT2D eigenvalue weighted by molar-refractivity contribution is 6.33. The van der Waals surface area contributed by atoms with Crippen LogP contribution in [0.15, 0.2) is 36.5 Å². The number of nitrogens with two attached hydrogens (primary N) is 1. The minimum Gasteiger partial charge on any atom is -0.419 e. The molecule has 10 heteroatoms. The number of aromatic nitrogens is 4. The molecule has 0 aliphatic carbocycles. The fourth-order valence-corrected chi connectivity index (χ4v) is 2.69. The Morgan fingerprint density at radius 3 is 2.70 bits per heavy atom. The summed E-state index contributed by atoms with van der Waals surface area (Å²) in [6.07, 6.45) is 1.47. The van der Waals surface area contributed by atoms with E-state index in [1.54, 1.807) is 6.07 Å². The number of morpholine rings is 1. The van der Waals surface area contributed by atoms with Crippen LogP contribution < -0.4 is 26.2 Å². The molecule has 1 aliphatic heterocycles. The maximum atomic E-state index is 5.88. The van der Waals surface area contributed by atoms with Crippen LogP contribution in [0.1, 0.15) is 0 Å². The molecule has 0 bridgehead atoms. The number of rotatable bonds is 5. The zero-order valence-corrected chi connectivity index (χ0v) is 14.6. The van der Waals surface area contributed by atoms with E-state index in [4.69, 9.17) is 23.1 Å². The fraction of sp³-hybridized carbons (Fsp3) is 0.235. The molecule has 136 valence electrons. The van der Waals surface area contributed by atoms with E-state index in [9.17, 15) is 0 Å². The summed E-state index contributed by atoms with van der Waals surface area (Å²) in [4.78, 5) is 10.8. The molecule has 3 heterocycles. The van der Waals surface area contributed by atoms with Crippen molar-refractivity contribution in [1.29, 1.82) is 0 Å². The van der Waals surface area contributed by atoms with Crippen LogP contribution in [0.3, 0.4) is 0 Å². The summed E-state index contributed by atoms with van der Waals surface area (Å²) in [5, 5.41) is 9.62. The van der Waals surface area contributed by atoms with Crippen LogP contribution in [0.25, 0.3) is 0 Å². The summed E-state index contributed by atoms with van der Waals surface area (Å²) < 4.78 is 10.9. The Hall–Kier alpha value is -3.27. The molecule has 1 aliphatic rings. The lowest BCUT2D eigenvalue weighted by atomic mass is 10.00. The zero-order valence-electron chi connectivity index (χ0n) is 14.6. The molecular formula is C17H18BN7O2. The Kier molecular flexibility index (Phi) is 4.79. The van der Waals surface area contributed by atoms with E-state index >= 15 is 0 Å². The van der Waals surface area contributed by atoms with Gasteiger partial charge in [0.2, 0.25) is 17.7 Å². The number of H-pyrrole nitrogens is 1. The maximum absolute atomic E-state index is 5.88. The fourth-order valence-electron chi connectivity index (χ4n) is 2.69. The van der Waals surface area contributed by atoms with Crippen LogP contribution in [0.5, 0.6) is 11.8 Å². The number of nitrogens with one attached hydrogen (secondary N) is 2. The van der Waals surface area contributed by atoms with E-state index in [2.05, 4.69) is 42.5 Å².